The van der Waals surface area contributed by atoms with E-state index in [2.05, 4.69) is 9.50 Å². The van der Waals surface area contributed by atoms with Gasteiger partial charge >= 0.3 is 0 Å². The summed E-state index contributed by atoms with van der Waals surface area (Å²) in [5.74, 6) is -1.91. The maximum Gasteiger partial charge on any atom is 0.299 e. The number of nitrogens with one attached hydrogen (secondary N) is 1. The molecular weight excluding hydrogens is 510 g/mol. The average molecular weight is 562 g/mol. The summed E-state index contributed by atoms with van der Waals surface area (Å²) in [6, 6.07) is 9.99. The first-order valence-corrected chi connectivity index (χ1v) is 12.0. The number of rotatable bonds is 10. The molecule has 9 nitrogen and oxygen atoms in total. The van der Waals surface area contributed by atoms with Crippen LogP contribution >= 0.6 is 0 Å². The molecule has 3 atom stereocenters. The number of carbonyl (C=O) groups is 3. The summed E-state index contributed by atoms with van der Waals surface area (Å²) in [5, 5.41) is 3.62. The minimum Gasteiger partial charge on any atom is -0.381 e. The number of ketones is 2. The molecule has 10 heteroatoms. The van der Waals surface area contributed by atoms with E-state index >= 15 is 0 Å². The predicted molar refractivity (Wildman–Crippen MR) is 158 cm³/mol. The zero-order chi connectivity index (χ0) is 26.1. The van der Waals surface area contributed by atoms with Crippen molar-refractivity contribution in [3.8, 4) is 0 Å². The minimum atomic E-state index is -4.10. The van der Waals surface area contributed by atoms with E-state index in [0.29, 0.717) is 17.2 Å². The van der Waals surface area contributed by atoms with Crippen molar-refractivity contribution >= 4 is 44.1 Å². The van der Waals surface area contributed by atoms with Crippen LogP contribution in [0.15, 0.2) is 41.3 Å². The van der Waals surface area contributed by atoms with Gasteiger partial charge in [-0.2, -0.15) is 8.42 Å². The SMILES string of the molecule is C.C.C.C.COC(C)C(C(C)=O)C(=O)Nc1ccc2ccccc2c1S(=O)(=O)OC.COC(C)CC(C)=O.[HH]. The molecule has 0 aliphatic heterocycles. The minimum absolute atomic E-state index is 0. The Bertz CT molecular complexity index is 1120. The molecule has 0 saturated carbocycles. The van der Waals surface area contributed by atoms with Gasteiger partial charge in [-0.25, -0.2) is 0 Å². The Balaban J connectivity index is -0.000000261. The van der Waals surface area contributed by atoms with E-state index in [1.165, 1.54) is 20.1 Å². The Morgan fingerprint density at radius 3 is 1.87 bits per heavy atom. The van der Waals surface area contributed by atoms with Crippen LogP contribution < -0.4 is 5.32 Å². The Morgan fingerprint density at radius 1 is 0.895 bits per heavy atom. The van der Waals surface area contributed by atoms with Gasteiger partial charge in [-0.05, 0) is 39.1 Å². The van der Waals surface area contributed by atoms with Gasteiger partial charge in [-0.1, -0.05) is 60.0 Å². The van der Waals surface area contributed by atoms with E-state index in [1.54, 1.807) is 51.3 Å². The van der Waals surface area contributed by atoms with Gasteiger partial charge in [0.05, 0.1) is 25.0 Å². The van der Waals surface area contributed by atoms with Crippen molar-refractivity contribution in [3.05, 3.63) is 36.4 Å². The molecule has 2 aromatic rings. The summed E-state index contributed by atoms with van der Waals surface area (Å²) in [6.07, 6.45) is -0.0563. The first-order valence-electron chi connectivity index (χ1n) is 10.6. The Kier molecular flexibility index (Phi) is 21.7. The third kappa shape index (κ3) is 11.8. The molecule has 0 aliphatic rings. The van der Waals surface area contributed by atoms with Crippen molar-refractivity contribution in [3.63, 3.8) is 0 Å². The smallest absolute Gasteiger partial charge is 0.299 e. The molecule has 2 rings (SSSR count). The lowest BCUT2D eigenvalue weighted by Crippen LogP contribution is -2.37. The van der Waals surface area contributed by atoms with Gasteiger partial charge in [-0.3, -0.25) is 18.6 Å². The largest absolute Gasteiger partial charge is 0.381 e. The van der Waals surface area contributed by atoms with Gasteiger partial charge < -0.3 is 14.8 Å². The second-order valence-corrected chi connectivity index (χ2v) is 9.40. The molecule has 38 heavy (non-hydrogen) atoms. The summed E-state index contributed by atoms with van der Waals surface area (Å²) >= 11 is 0. The van der Waals surface area contributed by atoms with E-state index in [9.17, 15) is 22.8 Å². The van der Waals surface area contributed by atoms with Crippen LogP contribution in [0.4, 0.5) is 5.69 Å². The number of benzene rings is 2. The number of carbonyl (C=O) groups excluding carboxylic acids is 3. The summed E-state index contributed by atoms with van der Waals surface area (Å²) < 4.78 is 39.5. The van der Waals surface area contributed by atoms with Crippen LogP contribution in [0.1, 0.15) is 65.2 Å². The lowest BCUT2D eigenvalue weighted by molar-refractivity contribution is -0.135. The number of ether oxygens (including phenoxy) is 2. The first kappa shape index (κ1) is 42.4. The molecule has 0 radical (unpaired) electrons. The van der Waals surface area contributed by atoms with Gasteiger partial charge in [0.1, 0.15) is 22.4 Å². The quantitative estimate of drug-likeness (QED) is 0.271. The number of hydrogen-bond donors (Lipinski definition) is 1. The molecule has 0 heterocycles. The van der Waals surface area contributed by atoms with E-state index in [1.807, 2.05) is 6.92 Å². The standard InChI is InChI=1S/C18H21NO6S.C6H12O2.4CH4.H2/c1-11(20)16(12(2)24-3)18(21)19-15-10-9-13-7-5-6-8-14(13)17(15)26(22,23)25-4;1-5(7)4-6(2)8-3;;;;;/h5-10,12,16H,1-4H3,(H,19,21);6H,4H2,1-3H3;4*1H4;1H. The molecule has 0 fully saturated rings. The summed E-state index contributed by atoms with van der Waals surface area (Å²) in [5.41, 5.74) is 0.0464. The lowest BCUT2D eigenvalue weighted by Gasteiger charge is -2.21. The van der Waals surface area contributed by atoms with Crippen molar-refractivity contribution in [1.29, 1.82) is 0 Å². The van der Waals surface area contributed by atoms with Gasteiger partial charge in [0.2, 0.25) is 5.91 Å². The molecule has 0 aromatic heterocycles. The molecule has 1 amide bonds. The number of fused-ring (bicyclic) bond motifs is 1. The van der Waals surface area contributed by atoms with Gasteiger partial charge in [0, 0.05) is 27.5 Å². The summed E-state index contributed by atoms with van der Waals surface area (Å²) in [7, 11) is -0.0557. The average Bonchev–Trinajstić information content (AvgIpc) is 2.78. The van der Waals surface area contributed by atoms with E-state index in [4.69, 9.17) is 9.47 Å². The van der Waals surface area contributed by atoms with Crippen LogP contribution in [0.25, 0.3) is 10.8 Å². The molecule has 0 bridgehead atoms. The van der Waals surface area contributed by atoms with Crippen LogP contribution in [-0.2, 0) is 38.2 Å². The molecule has 0 spiro atoms. The van der Waals surface area contributed by atoms with Crippen LogP contribution in [0.2, 0.25) is 0 Å². The Morgan fingerprint density at radius 2 is 1.45 bits per heavy atom. The van der Waals surface area contributed by atoms with Gasteiger partial charge in [-0.15, -0.1) is 0 Å². The third-order valence-corrected chi connectivity index (χ3v) is 6.52. The molecule has 2 aromatic carbocycles. The number of methoxy groups -OCH3 is 2. The summed E-state index contributed by atoms with van der Waals surface area (Å²) in [4.78, 5) is 34.6. The molecule has 3 unspecified atom stereocenters. The van der Waals surface area contributed by atoms with Crippen LogP contribution in [0.5, 0.6) is 0 Å². The molecular formula is C28H51NO8S. The highest BCUT2D eigenvalue weighted by molar-refractivity contribution is 7.87. The normalized spacial score (nSPS) is 12.4. The van der Waals surface area contributed by atoms with Crippen LogP contribution in [-0.4, -0.2) is 59.4 Å². The van der Waals surface area contributed by atoms with Crippen molar-refractivity contribution in [1.82, 2.24) is 0 Å². The number of anilines is 1. The van der Waals surface area contributed by atoms with E-state index < -0.39 is 28.0 Å². The molecule has 0 aliphatic carbocycles. The first-order chi connectivity index (χ1) is 15.9. The zero-order valence-corrected chi connectivity index (χ0v) is 21.4. The van der Waals surface area contributed by atoms with E-state index in [-0.39, 0.29) is 59.4 Å². The predicted octanol–water partition coefficient (Wildman–Crippen LogP) is 6.14. The highest BCUT2D eigenvalue weighted by Crippen LogP contribution is 2.32. The van der Waals surface area contributed by atoms with Crippen LogP contribution in [0.3, 0.4) is 0 Å². The third-order valence-electron chi connectivity index (χ3n) is 5.15. The fourth-order valence-corrected chi connectivity index (χ4v) is 4.27. The van der Waals surface area contributed by atoms with Crippen molar-refractivity contribution < 1.29 is 37.9 Å². The fourth-order valence-electron chi connectivity index (χ4n) is 3.26. The zero-order valence-electron chi connectivity index (χ0n) is 20.6. The number of Topliss-reactive ketones (excluding diaryl/α,β-unsaturated/α-hetero) is 2. The maximum atomic E-state index is 12.6. The summed E-state index contributed by atoms with van der Waals surface area (Å²) in [6.45, 7) is 6.32. The number of hydrogen-bond acceptors (Lipinski definition) is 8. The lowest BCUT2D eigenvalue weighted by atomic mass is 9.98. The maximum absolute atomic E-state index is 12.6. The highest BCUT2D eigenvalue weighted by atomic mass is 32.2. The Hall–Kier alpha value is -2.66. The van der Waals surface area contributed by atoms with Crippen molar-refractivity contribution in [2.24, 2.45) is 5.92 Å². The van der Waals surface area contributed by atoms with Crippen molar-refractivity contribution in [2.45, 2.75) is 80.9 Å². The molecule has 1 N–H and O–H groups in total. The van der Waals surface area contributed by atoms with E-state index in [0.717, 1.165) is 7.11 Å². The monoisotopic (exact) mass is 561 g/mol. The fraction of sp³-hybridized carbons (Fsp3) is 0.536. The number of amides is 1. The second-order valence-electron chi connectivity index (χ2n) is 7.76. The highest BCUT2D eigenvalue weighted by Gasteiger charge is 2.31. The van der Waals surface area contributed by atoms with Crippen LogP contribution in [0, 0.1) is 5.92 Å². The van der Waals surface area contributed by atoms with Crippen molar-refractivity contribution in [2.75, 3.05) is 26.6 Å². The van der Waals surface area contributed by atoms with Gasteiger partial charge in [0.25, 0.3) is 10.1 Å². The topological polar surface area (TPSA) is 125 Å². The molecule has 0 saturated heterocycles. The molecule has 222 valence electrons. The van der Waals surface area contributed by atoms with Gasteiger partial charge in [0.15, 0.2) is 0 Å². The second kappa shape index (κ2) is 19.4. The Labute approximate surface area is 231 Å².